The maximum Gasteiger partial charge on any atom is 0.161 e. The van der Waals surface area contributed by atoms with E-state index in [1.165, 1.54) is 5.56 Å². The van der Waals surface area contributed by atoms with Crippen molar-refractivity contribution in [3.63, 3.8) is 0 Å². The van der Waals surface area contributed by atoms with Crippen molar-refractivity contribution < 1.29 is 4.74 Å². The summed E-state index contributed by atoms with van der Waals surface area (Å²) in [5, 5.41) is 4.18. The molecule has 4 heteroatoms. The largest absolute Gasteiger partial charge is 0.493 e. The van der Waals surface area contributed by atoms with Gasteiger partial charge in [0.05, 0.1) is 25.0 Å². The lowest BCUT2D eigenvalue weighted by Crippen LogP contribution is -2.16. The van der Waals surface area contributed by atoms with Gasteiger partial charge in [0, 0.05) is 7.05 Å². The third-order valence-corrected chi connectivity index (χ3v) is 3.11. The van der Waals surface area contributed by atoms with Crippen LogP contribution in [-0.2, 0) is 13.5 Å². The second-order valence-electron chi connectivity index (χ2n) is 4.35. The van der Waals surface area contributed by atoms with Crippen LogP contribution in [0, 0.1) is 0 Å². The van der Waals surface area contributed by atoms with Crippen molar-refractivity contribution >= 4 is 0 Å². The Hall–Kier alpha value is -1.81. The Labute approximate surface area is 107 Å². The van der Waals surface area contributed by atoms with Crippen LogP contribution in [0.2, 0.25) is 0 Å². The Kier molecular flexibility index (Phi) is 3.99. The summed E-state index contributed by atoms with van der Waals surface area (Å²) in [6, 6.07) is 10.3. The summed E-state index contributed by atoms with van der Waals surface area (Å²) in [7, 11) is 3.53. The Morgan fingerprint density at radius 3 is 2.72 bits per heavy atom. The van der Waals surface area contributed by atoms with Crippen LogP contribution in [-0.4, -0.2) is 16.9 Å². The first-order valence-corrected chi connectivity index (χ1v) is 6.07. The topological polar surface area (TPSA) is 53.1 Å². The molecule has 18 heavy (non-hydrogen) atoms. The Morgan fingerprint density at radius 2 is 2.06 bits per heavy atom. The van der Waals surface area contributed by atoms with Gasteiger partial charge in [-0.15, -0.1) is 0 Å². The normalized spacial score (nSPS) is 12.4. The van der Waals surface area contributed by atoms with Gasteiger partial charge in [-0.1, -0.05) is 30.3 Å². The third kappa shape index (κ3) is 2.71. The number of aryl methyl sites for hydroxylation is 2. The number of rotatable bonds is 5. The molecule has 2 rings (SSSR count). The van der Waals surface area contributed by atoms with E-state index >= 15 is 0 Å². The predicted octanol–water partition coefficient (Wildman–Crippen LogP) is 2.06. The number of nitrogens with zero attached hydrogens (tertiary/aromatic N) is 2. The van der Waals surface area contributed by atoms with Crippen molar-refractivity contribution in [3.8, 4) is 5.75 Å². The van der Waals surface area contributed by atoms with Crippen LogP contribution >= 0.6 is 0 Å². The molecule has 0 radical (unpaired) electrons. The summed E-state index contributed by atoms with van der Waals surface area (Å²) in [4.78, 5) is 0. The molecule has 0 saturated heterocycles. The van der Waals surface area contributed by atoms with E-state index in [1.807, 2.05) is 25.2 Å². The molecule has 1 aromatic heterocycles. The first-order valence-electron chi connectivity index (χ1n) is 6.07. The lowest BCUT2D eigenvalue weighted by Gasteiger charge is -2.13. The van der Waals surface area contributed by atoms with E-state index in [4.69, 9.17) is 10.5 Å². The zero-order chi connectivity index (χ0) is 13.0. The van der Waals surface area contributed by atoms with Crippen molar-refractivity contribution in [2.45, 2.75) is 18.9 Å². The second-order valence-corrected chi connectivity index (χ2v) is 4.35. The van der Waals surface area contributed by atoms with Gasteiger partial charge in [0.25, 0.3) is 0 Å². The molecule has 1 atom stereocenters. The molecular weight excluding hydrogens is 226 g/mol. The maximum atomic E-state index is 6.22. The van der Waals surface area contributed by atoms with Crippen molar-refractivity contribution in [1.29, 1.82) is 0 Å². The van der Waals surface area contributed by atoms with E-state index in [2.05, 4.69) is 17.2 Å². The zero-order valence-electron chi connectivity index (χ0n) is 10.8. The van der Waals surface area contributed by atoms with Crippen molar-refractivity contribution in [1.82, 2.24) is 9.78 Å². The van der Waals surface area contributed by atoms with Crippen LogP contribution < -0.4 is 10.5 Å². The molecule has 2 N–H and O–H groups in total. The van der Waals surface area contributed by atoms with Crippen LogP contribution in [0.15, 0.2) is 36.5 Å². The number of ether oxygens (including phenoxy) is 1. The maximum absolute atomic E-state index is 6.22. The molecule has 2 aromatic rings. The van der Waals surface area contributed by atoms with Gasteiger partial charge in [0.2, 0.25) is 0 Å². The fraction of sp³-hybridized carbons (Fsp3) is 0.357. The quantitative estimate of drug-likeness (QED) is 0.877. The van der Waals surface area contributed by atoms with Crippen LogP contribution in [0.3, 0.4) is 0 Å². The second kappa shape index (κ2) is 5.69. The van der Waals surface area contributed by atoms with Crippen molar-refractivity contribution in [2.75, 3.05) is 7.11 Å². The first kappa shape index (κ1) is 12.6. The van der Waals surface area contributed by atoms with Gasteiger partial charge >= 0.3 is 0 Å². The summed E-state index contributed by atoms with van der Waals surface area (Å²) < 4.78 is 7.06. The molecule has 0 aliphatic rings. The van der Waals surface area contributed by atoms with Gasteiger partial charge in [0.15, 0.2) is 5.75 Å². The number of aromatic nitrogens is 2. The van der Waals surface area contributed by atoms with Gasteiger partial charge in [-0.05, 0) is 18.4 Å². The van der Waals surface area contributed by atoms with Crippen LogP contribution in [0.1, 0.15) is 23.7 Å². The molecule has 1 unspecified atom stereocenters. The zero-order valence-corrected chi connectivity index (χ0v) is 10.8. The Balaban J connectivity index is 2.03. The Morgan fingerprint density at radius 1 is 1.33 bits per heavy atom. The molecule has 96 valence electrons. The van der Waals surface area contributed by atoms with Crippen LogP contribution in [0.4, 0.5) is 0 Å². The van der Waals surface area contributed by atoms with Gasteiger partial charge in [-0.25, -0.2) is 0 Å². The van der Waals surface area contributed by atoms with E-state index in [1.54, 1.807) is 18.0 Å². The van der Waals surface area contributed by atoms with E-state index in [0.717, 1.165) is 24.3 Å². The van der Waals surface area contributed by atoms with Gasteiger partial charge < -0.3 is 10.5 Å². The minimum atomic E-state index is -0.0624. The highest BCUT2D eigenvalue weighted by Gasteiger charge is 2.16. The van der Waals surface area contributed by atoms with E-state index in [9.17, 15) is 0 Å². The van der Waals surface area contributed by atoms with E-state index < -0.39 is 0 Å². The number of methoxy groups -OCH3 is 1. The third-order valence-electron chi connectivity index (χ3n) is 3.11. The highest BCUT2D eigenvalue weighted by atomic mass is 16.5. The highest BCUT2D eigenvalue weighted by molar-refractivity contribution is 5.28. The molecule has 4 nitrogen and oxygen atoms in total. The van der Waals surface area contributed by atoms with Crippen LogP contribution in [0.25, 0.3) is 0 Å². The monoisotopic (exact) mass is 245 g/mol. The van der Waals surface area contributed by atoms with Crippen molar-refractivity contribution in [3.05, 3.63) is 47.8 Å². The number of hydrogen-bond donors (Lipinski definition) is 1. The lowest BCUT2D eigenvalue weighted by atomic mass is 10.0. The highest BCUT2D eigenvalue weighted by Crippen LogP contribution is 2.25. The number of benzene rings is 1. The molecule has 0 saturated carbocycles. The Bertz CT molecular complexity index is 493. The van der Waals surface area contributed by atoms with Gasteiger partial charge in [-0.2, -0.15) is 5.10 Å². The summed E-state index contributed by atoms with van der Waals surface area (Å²) in [5.74, 6) is 0.762. The number of nitrogens with two attached hydrogens (primary N) is 1. The summed E-state index contributed by atoms with van der Waals surface area (Å²) in [5.41, 5.74) is 8.48. The minimum absolute atomic E-state index is 0.0624. The average Bonchev–Trinajstić information content (AvgIpc) is 2.78. The SMILES string of the molecule is COc1cnn(C)c1C(N)CCc1ccccc1. The molecule has 0 aliphatic heterocycles. The summed E-state index contributed by atoms with van der Waals surface area (Å²) in [6.07, 6.45) is 3.54. The molecular formula is C14H19N3O. The molecule has 1 heterocycles. The fourth-order valence-corrected chi connectivity index (χ4v) is 2.11. The fourth-order valence-electron chi connectivity index (χ4n) is 2.11. The summed E-state index contributed by atoms with van der Waals surface area (Å²) in [6.45, 7) is 0. The van der Waals surface area contributed by atoms with Crippen LogP contribution in [0.5, 0.6) is 5.75 Å². The molecule has 0 fully saturated rings. The smallest absolute Gasteiger partial charge is 0.161 e. The predicted molar refractivity (Wildman–Crippen MR) is 71.5 cm³/mol. The molecule has 0 amide bonds. The molecule has 0 bridgehead atoms. The lowest BCUT2D eigenvalue weighted by molar-refractivity contribution is 0.401. The average molecular weight is 245 g/mol. The minimum Gasteiger partial charge on any atom is -0.493 e. The van der Waals surface area contributed by atoms with E-state index in [0.29, 0.717) is 0 Å². The van der Waals surface area contributed by atoms with E-state index in [-0.39, 0.29) is 6.04 Å². The van der Waals surface area contributed by atoms with Gasteiger partial charge in [0.1, 0.15) is 0 Å². The first-order chi connectivity index (χ1) is 8.72. The number of hydrogen-bond acceptors (Lipinski definition) is 3. The molecule has 1 aromatic carbocycles. The standard InChI is InChI=1S/C14H19N3O/c1-17-14(13(18-2)10-16-17)12(15)9-8-11-6-4-3-5-7-11/h3-7,10,12H,8-9,15H2,1-2H3. The molecule has 0 spiro atoms. The summed E-state index contributed by atoms with van der Waals surface area (Å²) >= 11 is 0. The molecule has 0 aliphatic carbocycles. The van der Waals surface area contributed by atoms with Gasteiger partial charge in [-0.3, -0.25) is 4.68 Å². The van der Waals surface area contributed by atoms with Crippen molar-refractivity contribution in [2.24, 2.45) is 12.8 Å².